The zero-order valence-corrected chi connectivity index (χ0v) is 31.7. The molecule has 0 atom stereocenters. The van der Waals surface area contributed by atoms with Gasteiger partial charge in [-0.1, -0.05) is 115 Å². The van der Waals surface area contributed by atoms with E-state index in [-0.39, 0.29) is 5.91 Å². The highest BCUT2D eigenvalue weighted by molar-refractivity contribution is 6.03. The highest BCUT2D eigenvalue weighted by Gasteiger charge is 2.14. The van der Waals surface area contributed by atoms with Gasteiger partial charge in [0, 0.05) is 36.8 Å². The van der Waals surface area contributed by atoms with Gasteiger partial charge in [0.25, 0.3) is 5.91 Å². The second-order valence-corrected chi connectivity index (χ2v) is 14.7. The lowest BCUT2D eigenvalue weighted by Crippen LogP contribution is -2.25. The second-order valence-electron chi connectivity index (χ2n) is 14.7. The topological polar surface area (TPSA) is 37.7 Å². The molecule has 0 saturated heterocycles. The number of carbonyl (C=O) groups excluding carboxylic acids is 1. The van der Waals surface area contributed by atoms with Gasteiger partial charge in [-0.25, -0.2) is 0 Å². The van der Waals surface area contributed by atoms with E-state index < -0.39 is 0 Å². The third kappa shape index (κ3) is 8.39. The number of carbonyl (C=O) groups is 1. The predicted octanol–water partition coefficient (Wildman–Crippen LogP) is 10.9. The zero-order valence-electron chi connectivity index (χ0n) is 31.7. The normalized spacial score (nSPS) is 11.6. The Morgan fingerprint density at radius 3 is 1.89 bits per heavy atom. The quantitative estimate of drug-likeness (QED) is 0.105. The molecule has 0 N–H and O–H groups in total. The van der Waals surface area contributed by atoms with Gasteiger partial charge in [-0.05, 0) is 125 Å². The van der Waals surface area contributed by atoms with Crippen LogP contribution in [0.15, 0.2) is 164 Å². The fraction of sp³-hybridized carbons (Fsp3) is 0.180. The first-order valence-corrected chi connectivity index (χ1v) is 19.3. The average Bonchev–Trinajstić information content (AvgIpc) is 3.64. The van der Waals surface area contributed by atoms with E-state index >= 15 is 0 Å². The molecular formula is C50H47N3O2. The highest BCUT2D eigenvalue weighted by Crippen LogP contribution is 2.30. The van der Waals surface area contributed by atoms with Crippen molar-refractivity contribution in [3.8, 4) is 16.9 Å². The maximum absolute atomic E-state index is 13.6. The molecule has 5 nitrogen and oxygen atoms in total. The van der Waals surface area contributed by atoms with Crippen LogP contribution >= 0.6 is 0 Å². The van der Waals surface area contributed by atoms with Crippen molar-refractivity contribution in [3.05, 3.63) is 186 Å². The number of hydrogen-bond acceptors (Lipinski definition) is 4. The lowest BCUT2D eigenvalue weighted by Gasteiger charge is -2.18. The fourth-order valence-corrected chi connectivity index (χ4v) is 7.73. The van der Waals surface area contributed by atoms with Crippen molar-refractivity contribution < 1.29 is 9.53 Å². The van der Waals surface area contributed by atoms with E-state index in [1.165, 1.54) is 38.2 Å². The van der Waals surface area contributed by atoms with E-state index in [9.17, 15) is 4.79 Å². The van der Waals surface area contributed by atoms with Crippen molar-refractivity contribution in [1.29, 1.82) is 0 Å². The molecule has 0 amide bonds. The summed E-state index contributed by atoms with van der Waals surface area (Å²) in [5.74, 6) is 0.761. The maximum atomic E-state index is 13.6. The molecule has 0 saturated carbocycles. The van der Waals surface area contributed by atoms with Gasteiger partial charge >= 0.3 is 0 Å². The summed E-state index contributed by atoms with van der Waals surface area (Å²) in [5.41, 5.74) is 7.76. The maximum Gasteiger partial charge on any atom is 0.262 e. The van der Waals surface area contributed by atoms with Crippen molar-refractivity contribution in [3.63, 3.8) is 0 Å². The first kappa shape index (κ1) is 36.0. The summed E-state index contributed by atoms with van der Waals surface area (Å²) < 4.78 is 7.91. The van der Waals surface area contributed by atoms with Crippen LogP contribution in [0.1, 0.15) is 33.5 Å². The highest BCUT2D eigenvalue weighted by atomic mass is 16.5. The molecule has 0 aliphatic heterocycles. The Morgan fingerprint density at radius 2 is 1.20 bits per heavy atom. The van der Waals surface area contributed by atoms with Gasteiger partial charge in [0.1, 0.15) is 12.4 Å². The molecular weight excluding hydrogens is 675 g/mol. The molecule has 0 radical (unpaired) electrons. The predicted molar refractivity (Wildman–Crippen MR) is 228 cm³/mol. The van der Waals surface area contributed by atoms with Crippen LogP contribution < -0.4 is 4.74 Å². The van der Waals surface area contributed by atoms with Crippen molar-refractivity contribution in [2.24, 2.45) is 0 Å². The number of aromatic nitrogens is 1. The minimum Gasteiger partial charge on any atom is -0.492 e. The Labute approximate surface area is 324 Å². The molecule has 1 aromatic heterocycles. The summed E-state index contributed by atoms with van der Waals surface area (Å²) in [5, 5.41) is 6.30. The molecule has 0 unspecified atom stereocenters. The van der Waals surface area contributed by atoms with Crippen LogP contribution in [0, 0.1) is 0 Å². The molecule has 0 fully saturated rings. The molecule has 0 spiro atoms. The van der Waals surface area contributed by atoms with Crippen LogP contribution in [0.2, 0.25) is 0 Å². The number of ether oxygens (including phenoxy) is 1. The van der Waals surface area contributed by atoms with Crippen molar-refractivity contribution in [1.82, 2.24) is 14.4 Å². The monoisotopic (exact) mass is 721 g/mol. The Kier molecular flexibility index (Phi) is 10.8. The van der Waals surface area contributed by atoms with Gasteiger partial charge in [0.05, 0.1) is 5.52 Å². The van der Waals surface area contributed by atoms with Gasteiger partial charge in [-0.2, -0.15) is 0 Å². The van der Waals surface area contributed by atoms with Gasteiger partial charge in [0.2, 0.25) is 0 Å². The average molecular weight is 722 g/mol. The third-order valence-electron chi connectivity index (χ3n) is 10.6. The van der Waals surface area contributed by atoms with Crippen LogP contribution in [0.25, 0.3) is 43.6 Å². The molecule has 0 bridgehead atoms. The molecule has 274 valence electrons. The summed E-state index contributed by atoms with van der Waals surface area (Å²) in [6, 6.07) is 54.9. The van der Waals surface area contributed by atoms with Crippen LogP contribution in [-0.4, -0.2) is 54.1 Å². The van der Waals surface area contributed by atoms with Crippen LogP contribution in [-0.2, 0) is 19.5 Å². The Morgan fingerprint density at radius 1 is 0.582 bits per heavy atom. The second kappa shape index (κ2) is 16.6. The summed E-state index contributed by atoms with van der Waals surface area (Å²) in [4.78, 5) is 18.3. The number of aryl methyl sites for hydroxylation is 1. The van der Waals surface area contributed by atoms with E-state index in [2.05, 4.69) is 133 Å². The lowest BCUT2D eigenvalue weighted by atomic mass is 9.94. The van der Waals surface area contributed by atoms with E-state index in [0.29, 0.717) is 12.2 Å². The van der Waals surface area contributed by atoms with Crippen molar-refractivity contribution in [2.75, 3.05) is 33.8 Å². The van der Waals surface area contributed by atoms with Crippen molar-refractivity contribution >= 4 is 38.4 Å². The zero-order chi connectivity index (χ0) is 37.6. The molecule has 0 aliphatic carbocycles. The lowest BCUT2D eigenvalue weighted by molar-refractivity contribution is 0.0965. The molecule has 5 heteroatoms. The van der Waals surface area contributed by atoms with Crippen LogP contribution in [0.5, 0.6) is 5.75 Å². The van der Waals surface area contributed by atoms with Gasteiger partial charge < -0.3 is 9.64 Å². The van der Waals surface area contributed by atoms with Gasteiger partial charge in [-0.3, -0.25) is 14.3 Å². The minimum absolute atomic E-state index is 0.0508. The summed E-state index contributed by atoms with van der Waals surface area (Å²) in [6.07, 6.45) is 3.96. The number of likely N-dealkylation sites (N-methyl/N-ethyl adjacent to an activating group) is 1. The number of hydrogen-bond donors (Lipinski definition) is 0. The Hall–Kier alpha value is -6.01. The Bertz CT molecular complexity index is 2480. The molecule has 8 aromatic rings. The fourth-order valence-electron chi connectivity index (χ4n) is 7.73. The van der Waals surface area contributed by atoms with E-state index in [0.717, 1.165) is 66.8 Å². The SMILES string of the molecule is CN(CCCc1c2ccccc2cc2ccccc12)CCOc1ccc2c(ccn2C(=O)c2ccc(-c3ccc(CN(C)Cc4ccccc4)cc3)cc2)c1. The van der Waals surface area contributed by atoms with Gasteiger partial charge in [0.15, 0.2) is 0 Å². The van der Waals surface area contributed by atoms with Gasteiger partial charge in [-0.15, -0.1) is 0 Å². The molecule has 55 heavy (non-hydrogen) atoms. The number of nitrogens with zero attached hydrogens (tertiary/aromatic N) is 3. The first-order valence-electron chi connectivity index (χ1n) is 19.3. The molecule has 8 rings (SSSR count). The number of fused-ring (bicyclic) bond motifs is 3. The third-order valence-corrected chi connectivity index (χ3v) is 10.6. The van der Waals surface area contributed by atoms with Crippen molar-refractivity contribution in [2.45, 2.75) is 25.9 Å². The molecule has 1 heterocycles. The number of benzene rings is 7. The number of rotatable bonds is 14. The van der Waals surface area contributed by atoms with Crippen LogP contribution in [0.4, 0.5) is 0 Å². The van der Waals surface area contributed by atoms with E-state index in [4.69, 9.17) is 4.74 Å². The summed E-state index contributed by atoms with van der Waals surface area (Å²) in [6.45, 7) is 4.21. The summed E-state index contributed by atoms with van der Waals surface area (Å²) >= 11 is 0. The Balaban J connectivity index is 0.829. The molecule has 7 aromatic carbocycles. The smallest absolute Gasteiger partial charge is 0.262 e. The first-order chi connectivity index (χ1) is 27.0. The van der Waals surface area contributed by atoms with Crippen LogP contribution in [0.3, 0.4) is 0 Å². The largest absolute Gasteiger partial charge is 0.492 e. The summed E-state index contributed by atoms with van der Waals surface area (Å²) in [7, 11) is 4.31. The minimum atomic E-state index is -0.0508. The van der Waals surface area contributed by atoms with E-state index in [1.807, 2.05) is 54.7 Å². The molecule has 0 aliphatic rings. The standard InChI is InChI=1S/C50H47N3O2/c1-51(29-10-17-48-46-15-8-6-13-42(46)33-43-14-7-9-16-47(43)48)31-32-55-45-26-27-49-44(34-45)28-30-53(49)50(54)41-24-22-40(23-25-41)39-20-18-38(19-21-39)36-52(2)35-37-11-4-3-5-12-37/h3-9,11-16,18-28,30,33-34H,10,17,29,31-32,35-36H2,1-2H3. The van der Waals surface area contributed by atoms with E-state index in [1.54, 1.807) is 4.57 Å².